The van der Waals surface area contributed by atoms with E-state index < -0.39 is 18.4 Å². The molecule has 0 aromatic heterocycles. The molecular weight excluding hydrogens is 367 g/mol. The number of para-hydroxylation sites is 1. The van der Waals surface area contributed by atoms with Gasteiger partial charge in [-0.3, -0.25) is 9.69 Å². The Bertz CT molecular complexity index is 663. The van der Waals surface area contributed by atoms with E-state index >= 15 is 0 Å². The van der Waals surface area contributed by atoms with Crippen molar-refractivity contribution >= 4 is 12.0 Å². The van der Waals surface area contributed by atoms with Crippen LogP contribution >= 0.6 is 0 Å². The Balaban J connectivity index is 1.77. The second-order valence-corrected chi connectivity index (χ2v) is 6.26. The summed E-state index contributed by atoms with van der Waals surface area (Å²) in [6.45, 7) is 2.31. The van der Waals surface area contributed by atoms with Crippen LogP contribution in [0.15, 0.2) is 24.3 Å². The van der Waals surface area contributed by atoms with Crippen molar-refractivity contribution in [3.63, 3.8) is 0 Å². The van der Waals surface area contributed by atoms with E-state index in [2.05, 4.69) is 15.4 Å². The van der Waals surface area contributed by atoms with Gasteiger partial charge >= 0.3 is 18.4 Å². The second kappa shape index (κ2) is 8.94. The minimum absolute atomic E-state index is 0.0456. The molecule has 2 amide bonds. The highest BCUT2D eigenvalue weighted by molar-refractivity contribution is 5.74. The van der Waals surface area contributed by atoms with Crippen molar-refractivity contribution < 1.29 is 32.6 Å². The maximum absolute atomic E-state index is 12.4. The zero-order chi connectivity index (χ0) is 20.0. The summed E-state index contributed by atoms with van der Waals surface area (Å²) >= 11 is 0. The molecular formula is C17H22F3N3O4. The Morgan fingerprint density at radius 1 is 1.30 bits per heavy atom. The van der Waals surface area contributed by atoms with Crippen LogP contribution in [0.4, 0.5) is 18.0 Å². The molecule has 0 bridgehead atoms. The zero-order valence-electron chi connectivity index (χ0n) is 14.8. The number of carbonyl (C=O) groups excluding carboxylic acids is 1. The summed E-state index contributed by atoms with van der Waals surface area (Å²) < 4.78 is 41.1. The molecule has 3 N–H and O–H groups in total. The Hall–Kier alpha value is -2.49. The average Bonchev–Trinajstić information content (AvgIpc) is 2.53. The van der Waals surface area contributed by atoms with Gasteiger partial charge in [0.15, 0.2) is 0 Å². The first kappa shape index (κ1) is 20.8. The summed E-state index contributed by atoms with van der Waals surface area (Å²) in [5.41, 5.74) is 0.204. The number of nitrogens with zero attached hydrogens (tertiary/aromatic N) is 1. The number of ether oxygens (including phenoxy) is 1. The number of hydrogen-bond donors (Lipinski definition) is 3. The van der Waals surface area contributed by atoms with E-state index in [1.807, 2.05) is 11.8 Å². The van der Waals surface area contributed by atoms with Gasteiger partial charge in [-0.1, -0.05) is 25.1 Å². The topological polar surface area (TPSA) is 90.9 Å². The molecule has 0 atom stereocenters. The van der Waals surface area contributed by atoms with Crippen molar-refractivity contribution in [3.05, 3.63) is 29.8 Å². The van der Waals surface area contributed by atoms with E-state index in [-0.39, 0.29) is 36.5 Å². The quantitative estimate of drug-likeness (QED) is 0.635. The molecule has 0 heterocycles. The van der Waals surface area contributed by atoms with Crippen LogP contribution < -0.4 is 15.4 Å². The molecule has 0 radical (unpaired) electrons. The number of amides is 2. The Kier molecular flexibility index (Phi) is 6.89. The number of benzene rings is 1. The Morgan fingerprint density at radius 2 is 1.96 bits per heavy atom. The number of alkyl halides is 3. The predicted molar refractivity (Wildman–Crippen MR) is 90.2 cm³/mol. The number of urea groups is 1. The fourth-order valence-corrected chi connectivity index (χ4v) is 2.96. The maximum atomic E-state index is 12.4. The van der Waals surface area contributed by atoms with Crippen LogP contribution in [0.2, 0.25) is 0 Å². The Morgan fingerprint density at radius 3 is 2.56 bits per heavy atom. The number of likely N-dealkylation sites (N-methyl/N-ethyl adjacent to an activating group) is 1. The summed E-state index contributed by atoms with van der Waals surface area (Å²) in [4.78, 5) is 24.6. The van der Waals surface area contributed by atoms with Crippen LogP contribution in [0.1, 0.15) is 25.3 Å². The summed E-state index contributed by atoms with van der Waals surface area (Å²) in [5.74, 6) is -1.26. The summed E-state index contributed by atoms with van der Waals surface area (Å²) in [6.07, 6.45) is -3.55. The number of aliphatic carboxylic acids is 1. The third-order valence-electron chi connectivity index (χ3n) is 4.35. The van der Waals surface area contributed by atoms with Crippen molar-refractivity contribution in [2.24, 2.45) is 0 Å². The van der Waals surface area contributed by atoms with Crippen molar-refractivity contribution in [2.75, 3.05) is 13.1 Å². The number of rotatable bonds is 8. The van der Waals surface area contributed by atoms with Gasteiger partial charge in [0.25, 0.3) is 0 Å². The lowest BCUT2D eigenvalue weighted by atomic mass is 9.85. The van der Waals surface area contributed by atoms with E-state index in [9.17, 15) is 22.8 Å². The monoisotopic (exact) mass is 389 g/mol. The molecule has 0 spiro atoms. The van der Waals surface area contributed by atoms with Gasteiger partial charge in [0.05, 0.1) is 6.54 Å². The molecule has 10 heteroatoms. The van der Waals surface area contributed by atoms with Crippen molar-refractivity contribution in [1.82, 2.24) is 15.5 Å². The van der Waals surface area contributed by atoms with Gasteiger partial charge < -0.3 is 20.5 Å². The molecule has 2 rings (SSSR count). The molecule has 0 unspecified atom stereocenters. The van der Waals surface area contributed by atoms with Crippen LogP contribution in [0, 0.1) is 0 Å². The third-order valence-corrected chi connectivity index (χ3v) is 4.35. The van der Waals surface area contributed by atoms with Gasteiger partial charge in [-0.15, -0.1) is 13.2 Å². The molecule has 0 aliphatic heterocycles. The SMILES string of the molecule is CCN(CC(=O)O)C1CC(NC(=O)NCc2ccccc2OC(F)(F)F)C1. The number of carbonyl (C=O) groups is 2. The van der Waals surface area contributed by atoms with Gasteiger partial charge in [-0.05, 0) is 25.5 Å². The number of halogens is 3. The van der Waals surface area contributed by atoms with E-state index in [0.717, 1.165) is 0 Å². The number of carboxylic acid groups (broad SMARTS) is 1. The molecule has 0 saturated heterocycles. The maximum Gasteiger partial charge on any atom is 0.573 e. The van der Waals surface area contributed by atoms with Crippen LogP contribution in [0.3, 0.4) is 0 Å². The van der Waals surface area contributed by atoms with E-state index in [1.165, 1.54) is 18.2 Å². The minimum atomic E-state index is -4.81. The zero-order valence-corrected chi connectivity index (χ0v) is 14.8. The molecule has 1 aromatic rings. The van der Waals surface area contributed by atoms with Crippen molar-refractivity contribution in [2.45, 2.75) is 44.8 Å². The van der Waals surface area contributed by atoms with E-state index in [4.69, 9.17) is 5.11 Å². The normalized spacial score (nSPS) is 19.3. The summed E-state index contributed by atoms with van der Waals surface area (Å²) in [5, 5.41) is 14.1. The first-order valence-corrected chi connectivity index (χ1v) is 8.51. The highest BCUT2D eigenvalue weighted by Crippen LogP contribution is 2.27. The lowest BCUT2D eigenvalue weighted by Gasteiger charge is -2.42. The third kappa shape index (κ3) is 6.63. The van der Waals surface area contributed by atoms with Gasteiger partial charge in [-0.2, -0.15) is 0 Å². The average molecular weight is 389 g/mol. The van der Waals surface area contributed by atoms with Gasteiger partial charge in [0, 0.05) is 24.2 Å². The molecule has 27 heavy (non-hydrogen) atoms. The van der Waals surface area contributed by atoms with Crippen molar-refractivity contribution in [3.8, 4) is 5.75 Å². The van der Waals surface area contributed by atoms with Crippen LogP contribution in [-0.4, -0.2) is 53.5 Å². The molecule has 1 aliphatic rings. The standard InChI is InChI=1S/C17H22F3N3O4/c1-2-23(10-15(24)25)13-7-12(8-13)22-16(26)21-9-11-5-3-4-6-14(11)27-17(18,19)20/h3-6,12-13H,2,7-10H2,1H3,(H,24,25)(H2,21,22,26). The number of carboxylic acids is 1. The summed E-state index contributed by atoms with van der Waals surface area (Å²) in [7, 11) is 0. The fraction of sp³-hybridized carbons (Fsp3) is 0.529. The highest BCUT2D eigenvalue weighted by atomic mass is 19.4. The molecule has 150 valence electrons. The van der Waals surface area contributed by atoms with Gasteiger partial charge in [0.1, 0.15) is 5.75 Å². The van der Waals surface area contributed by atoms with Gasteiger partial charge in [-0.25, -0.2) is 4.79 Å². The minimum Gasteiger partial charge on any atom is -0.480 e. The van der Waals surface area contributed by atoms with Crippen LogP contribution in [-0.2, 0) is 11.3 Å². The van der Waals surface area contributed by atoms with E-state index in [1.54, 1.807) is 6.07 Å². The smallest absolute Gasteiger partial charge is 0.480 e. The van der Waals surface area contributed by atoms with Crippen molar-refractivity contribution in [1.29, 1.82) is 0 Å². The molecule has 1 aliphatic carbocycles. The van der Waals surface area contributed by atoms with Gasteiger partial charge in [0.2, 0.25) is 0 Å². The summed E-state index contributed by atoms with van der Waals surface area (Å²) in [6, 6.07) is 5.08. The number of hydrogen-bond acceptors (Lipinski definition) is 4. The first-order valence-electron chi connectivity index (χ1n) is 8.51. The fourth-order valence-electron chi connectivity index (χ4n) is 2.96. The highest BCUT2D eigenvalue weighted by Gasteiger charge is 2.35. The molecule has 1 saturated carbocycles. The lowest BCUT2D eigenvalue weighted by molar-refractivity contribution is -0.274. The first-order chi connectivity index (χ1) is 12.7. The predicted octanol–water partition coefficient (Wildman–Crippen LogP) is 2.32. The van der Waals surface area contributed by atoms with Crippen LogP contribution in [0.5, 0.6) is 5.75 Å². The largest absolute Gasteiger partial charge is 0.573 e. The second-order valence-electron chi connectivity index (χ2n) is 6.26. The molecule has 1 aromatic carbocycles. The lowest BCUT2D eigenvalue weighted by Crippen LogP contribution is -2.56. The Labute approximate surface area is 154 Å². The van der Waals surface area contributed by atoms with Crippen LogP contribution in [0.25, 0.3) is 0 Å². The van der Waals surface area contributed by atoms with E-state index in [0.29, 0.717) is 19.4 Å². The molecule has 7 nitrogen and oxygen atoms in total. The molecule has 1 fully saturated rings. The number of nitrogens with one attached hydrogen (secondary N) is 2.